The summed E-state index contributed by atoms with van der Waals surface area (Å²) in [6.07, 6.45) is -6.46. The van der Waals surface area contributed by atoms with Crippen molar-refractivity contribution >= 4 is 29.8 Å². The molecule has 0 unspecified atom stereocenters. The Kier molecular flexibility index (Phi) is 8.16. The summed E-state index contributed by atoms with van der Waals surface area (Å²) in [6.45, 7) is 5.15. The van der Waals surface area contributed by atoms with Crippen LogP contribution in [0.25, 0.3) is 0 Å². The fraction of sp³-hybridized carbons (Fsp3) is 0.688. The molecule has 11 heteroatoms. The zero-order valence-corrected chi connectivity index (χ0v) is 15.6. The van der Waals surface area contributed by atoms with E-state index >= 15 is 0 Å². The van der Waals surface area contributed by atoms with Crippen LogP contribution in [0.4, 0.5) is 0 Å². The Bertz CT molecular complexity index is 599. The van der Waals surface area contributed by atoms with E-state index in [1.807, 2.05) is 0 Å². The minimum Gasteiger partial charge on any atom is -0.462 e. The van der Waals surface area contributed by atoms with E-state index in [-0.39, 0.29) is 0 Å². The Morgan fingerprint density at radius 1 is 0.741 bits per heavy atom. The first kappa shape index (κ1) is 22.4. The Morgan fingerprint density at radius 3 is 1.70 bits per heavy atom. The van der Waals surface area contributed by atoms with Gasteiger partial charge in [-0.3, -0.25) is 24.0 Å². The number of hydrogen-bond donors (Lipinski definition) is 0. The highest BCUT2D eigenvalue weighted by Crippen LogP contribution is 2.31. The first-order valence-corrected chi connectivity index (χ1v) is 7.99. The number of esters is 5. The number of hydrogen-bond acceptors (Lipinski definition) is 11. The van der Waals surface area contributed by atoms with Gasteiger partial charge in [-0.2, -0.15) is 0 Å². The fourth-order valence-corrected chi connectivity index (χ4v) is 2.46. The van der Waals surface area contributed by atoms with Crippen molar-refractivity contribution in [1.29, 1.82) is 0 Å². The van der Waals surface area contributed by atoms with Gasteiger partial charge in [0.05, 0.1) is 0 Å². The third-order valence-electron chi connectivity index (χ3n) is 3.23. The molecular formula is C16H22O11. The summed E-state index contributed by atoms with van der Waals surface area (Å²) in [5, 5.41) is 0. The number of carbonyl (C=O) groups is 5. The molecule has 0 bridgehead atoms. The highest BCUT2D eigenvalue weighted by Gasteiger charge is 2.55. The third-order valence-corrected chi connectivity index (χ3v) is 3.23. The largest absolute Gasteiger partial charge is 0.462 e. The predicted octanol–water partition coefficient (Wildman–Crippen LogP) is -0.367. The lowest BCUT2D eigenvalue weighted by Crippen LogP contribution is -2.46. The number of rotatable bonds is 7. The van der Waals surface area contributed by atoms with Crippen LogP contribution in [-0.4, -0.2) is 67.2 Å². The lowest BCUT2D eigenvalue weighted by atomic mass is 10.1. The van der Waals surface area contributed by atoms with Crippen LogP contribution >= 0.6 is 0 Å². The third kappa shape index (κ3) is 7.21. The van der Waals surface area contributed by atoms with Gasteiger partial charge in [0.1, 0.15) is 12.7 Å². The van der Waals surface area contributed by atoms with Gasteiger partial charge in [0.25, 0.3) is 0 Å². The zero-order valence-electron chi connectivity index (χ0n) is 15.6. The molecule has 27 heavy (non-hydrogen) atoms. The second kappa shape index (κ2) is 9.86. The van der Waals surface area contributed by atoms with E-state index in [4.69, 9.17) is 28.4 Å². The van der Waals surface area contributed by atoms with Crippen LogP contribution in [0, 0.1) is 0 Å². The molecule has 1 aliphatic rings. The maximum Gasteiger partial charge on any atom is 0.305 e. The second-order valence-corrected chi connectivity index (χ2v) is 5.68. The van der Waals surface area contributed by atoms with Crippen LogP contribution in [0.3, 0.4) is 0 Å². The van der Waals surface area contributed by atoms with Gasteiger partial charge in [0.2, 0.25) is 12.4 Å². The second-order valence-electron chi connectivity index (χ2n) is 5.68. The maximum atomic E-state index is 11.5. The van der Waals surface area contributed by atoms with Gasteiger partial charge in [-0.1, -0.05) is 0 Å². The molecule has 0 N–H and O–H groups in total. The van der Waals surface area contributed by atoms with E-state index in [9.17, 15) is 24.0 Å². The summed E-state index contributed by atoms with van der Waals surface area (Å²) in [7, 11) is 0. The smallest absolute Gasteiger partial charge is 0.305 e. The van der Waals surface area contributed by atoms with E-state index in [0.29, 0.717) is 0 Å². The normalized spacial score (nSPS) is 25.1. The molecular weight excluding hydrogens is 368 g/mol. The summed E-state index contributed by atoms with van der Waals surface area (Å²) in [6, 6.07) is 0. The summed E-state index contributed by atoms with van der Waals surface area (Å²) < 4.78 is 30.7. The van der Waals surface area contributed by atoms with Crippen LogP contribution in [0.15, 0.2) is 0 Å². The number of carbonyl (C=O) groups excluding carboxylic acids is 5. The molecule has 0 aliphatic carbocycles. The molecule has 0 aromatic heterocycles. The predicted molar refractivity (Wildman–Crippen MR) is 83.7 cm³/mol. The van der Waals surface area contributed by atoms with E-state index in [0.717, 1.165) is 34.6 Å². The van der Waals surface area contributed by atoms with Crippen LogP contribution in [0.2, 0.25) is 0 Å². The van der Waals surface area contributed by atoms with Crippen molar-refractivity contribution in [2.75, 3.05) is 6.61 Å². The van der Waals surface area contributed by atoms with E-state index in [2.05, 4.69) is 0 Å². The minimum absolute atomic E-state index is 0.420. The summed E-state index contributed by atoms with van der Waals surface area (Å²) in [5.74, 6) is -3.62. The van der Waals surface area contributed by atoms with E-state index in [1.54, 1.807) is 0 Å². The Balaban J connectivity index is 3.20. The maximum absolute atomic E-state index is 11.5. The standard InChI is InChI=1S/C16H22O11/c1-7(17)22-6-12(23-8(2)18)13-14(24-9(3)19)15(25-10(4)20)16(27-13)26-11(5)21/h12-16H,6H2,1-5H3/t12-,13-,14-,15+,16-/m0/s1. The lowest BCUT2D eigenvalue weighted by Gasteiger charge is -2.27. The zero-order chi connectivity index (χ0) is 20.7. The van der Waals surface area contributed by atoms with Crippen LogP contribution in [0.5, 0.6) is 0 Å². The molecule has 1 heterocycles. The molecule has 1 rings (SSSR count). The highest BCUT2D eigenvalue weighted by atomic mass is 16.8. The first-order valence-electron chi connectivity index (χ1n) is 7.99. The van der Waals surface area contributed by atoms with E-state index < -0.39 is 67.2 Å². The minimum atomic E-state index is -1.42. The van der Waals surface area contributed by atoms with Crippen molar-refractivity contribution in [3.63, 3.8) is 0 Å². The lowest BCUT2D eigenvalue weighted by molar-refractivity contribution is -0.203. The Morgan fingerprint density at radius 2 is 1.26 bits per heavy atom. The first-order chi connectivity index (χ1) is 12.5. The summed E-state index contributed by atoms with van der Waals surface area (Å²) >= 11 is 0. The molecule has 0 aromatic carbocycles. The summed E-state index contributed by atoms with van der Waals surface area (Å²) in [5.41, 5.74) is 0. The van der Waals surface area contributed by atoms with Gasteiger partial charge in [0.15, 0.2) is 12.2 Å². The van der Waals surface area contributed by atoms with Crippen molar-refractivity contribution in [2.24, 2.45) is 0 Å². The quantitative estimate of drug-likeness (QED) is 0.415. The molecule has 5 atom stereocenters. The Hall–Kier alpha value is -2.69. The van der Waals surface area contributed by atoms with Gasteiger partial charge < -0.3 is 28.4 Å². The van der Waals surface area contributed by atoms with Gasteiger partial charge in [-0.25, -0.2) is 0 Å². The van der Waals surface area contributed by atoms with Gasteiger partial charge in [0, 0.05) is 34.6 Å². The molecule has 0 aromatic rings. The fourth-order valence-electron chi connectivity index (χ4n) is 2.46. The Labute approximate surface area is 155 Å². The SMILES string of the molecule is CC(=O)OC[C@H](OC(C)=O)[C@@H]1O[C@H](OC(C)=O)[C@H](OC(C)=O)[C@H]1OC(C)=O. The van der Waals surface area contributed by atoms with Crippen LogP contribution in [0.1, 0.15) is 34.6 Å². The van der Waals surface area contributed by atoms with Crippen molar-refractivity contribution in [2.45, 2.75) is 65.3 Å². The molecule has 0 spiro atoms. The molecule has 1 fully saturated rings. The van der Waals surface area contributed by atoms with Crippen molar-refractivity contribution in [3.8, 4) is 0 Å². The molecule has 0 amide bonds. The van der Waals surface area contributed by atoms with Crippen molar-refractivity contribution < 1.29 is 52.4 Å². The van der Waals surface area contributed by atoms with Gasteiger partial charge in [-0.05, 0) is 0 Å². The van der Waals surface area contributed by atoms with Crippen LogP contribution in [-0.2, 0) is 52.4 Å². The van der Waals surface area contributed by atoms with Crippen LogP contribution < -0.4 is 0 Å². The summed E-state index contributed by atoms with van der Waals surface area (Å²) in [4.78, 5) is 56.7. The molecule has 1 saturated heterocycles. The van der Waals surface area contributed by atoms with Crippen molar-refractivity contribution in [1.82, 2.24) is 0 Å². The molecule has 11 nitrogen and oxygen atoms in total. The molecule has 0 radical (unpaired) electrons. The molecule has 1 aliphatic heterocycles. The molecule has 0 saturated carbocycles. The highest BCUT2D eigenvalue weighted by molar-refractivity contribution is 5.69. The number of ether oxygens (including phenoxy) is 6. The van der Waals surface area contributed by atoms with Crippen molar-refractivity contribution in [3.05, 3.63) is 0 Å². The average molecular weight is 390 g/mol. The van der Waals surface area contributed by atoms with E-state index in [1.165, 1.54) is 0 Å². The van der Waals surface area contributed by atoms with Gasteiger partial charge in [-0.15, -0.1) is 0 Å². The van der Waals surface area contributed by atoms with Gasteiger partial charge >= 0.3 is 29.8 Å². The topological polar surface area (TPSA) is 141 Å². The molecule has 152 valence electrons. The monoisotopic (exact) mass is 390 g/mol. The average Bonchev–Trinajstić information content (AvgIpc) is 2.79.